The highest BCUT2D eigenvalue weighted by Gasteiger charge is 2.49. The van der Waals surface area contributed by atoms with Gasteiger partial charge in [0.25, 0.3) is 11.5 Å². The molecule has 84 heavy (non-hydrogen) atoms. The quantitative estimate of drug-likeness (QED) is 0.0137. The second-order valence-electron chi connectivity index (χ2n) is 22.1. The van der Waals surface area contributed by atoms with E-state index in [-0.39, 0.29) is 36.0 Å². The zero-order valence-corrected chi connectivity index (χ0v) is 50.6. The van der Waals surface area contributed by atoms with Crippen LogP contribution in [0.3, 0.4) is 0 Å². The Kier molecular flexibility index (Phi) is 19.6. The molecule has 1 unspecified atom stereocenters. The molecule has 24 nitrogen and oxygen atoms in total. The first kappa shape index (κ1) is 62.7. The molecule has 0 spiro atoms. The van der Waals surface area contributed by atoms with E-state index in [1.165, 1.54) is 17.7 Å². The molecule has 2 aliphatic heterocycles. The Morgan fingerprint density at radius 2 is 1.42 bits per heavy atom. The number of benzene rings is 4. The molecule has 2 fully saturated rings. The highest BCUT2D eigenvalue weighted by Crippen LogP contribution is 2.54. The van der Waals surface area contributed by atoms with Crippen molar-refractivity contribution in [2.75, 3.05) is 51.8 Å². The lowest BCUT2D eigenvalue weighted by Crippen LogP contribution is -2.46. The minimum Gasteiger partial charge on any atom is -0.497 e. The second kappa shape index (κ2) is 26.3. The van der Waals surface area contributed by atoms with E-state index < -0.39 is 117 Å². The summed E-state index contributed by atoms with van der Waals surface area (Å²) in [5.41, 5.74) is -1.40. The topological polar surface area (TPSA) is 294 Å². The van der Waals surface area contributed by atoms with Gasteiger partial charge in [0.15, 0.2) is 14.9 Å². The lowest BCUT2D eigenvalue weighted by molar-refractivity contribution is -0.385. The summed E-state index contributed by atoms with van der Waals surface area (Å²) in [6.45, 7) is 14.5. The maximum atomic E-state index is 15.0. The molecule has 6 aromatic rings. The van der Waals surface area contributed by atoms with Gasteiger partial charge in [-0.3, -0.25) is 57.9 Å². The maximum Gasteiger partial charge on any atom is 0.474 e. The number of phosphoric acid groups is 1. The summed E-state index contributed by atoms with van der Waals surface area (Å²) in [7, 11) is -3.05. The van der Waals surface area contributed by atoms with Crippen molar-refractivity contribution < 1.29 is 60.7 Å². The fourth-order valence-corrected chi connectivity index (χ4v) is 12.0. The van der Waals surface area contributed by atoms with Gasteiger partial charge in [-0.2, -0.15) is 4.98 Å². The Labute approximate surface area is 486 Å². The zero-order valence-electron chi connectivity index (χ0n) is 48.7. The number of amides is 1. The van der Waals surface area contributed by atoms with Gasteiger partial charge in [-0.25, -0.2) is 9.36 Å². The predicted octanol–water partition coefficient (Wildman–Crippen LogP) is 9.06. The van der Waals surface area contributed by atoms with Crippen LogP contribution in [0.1, 0.15) is 87.4 Å². The third kappa shape index (κ3) is 14.4. The number of hydrogen-bond acceptors (Lipinski definition) is 19. The predicted molar refractivity (Wildman–Crippen MR) is 313 cm³/mol. The van der Waals surface area contributed by atoms with Crippen LogP contribution >= 0.6 is 7.82 Å². The van der Waals surface area contributed by atoms with Crippen LogP contribution in [0.2, 0.25) is 18.1 Å². The fraction of sp³-hybridized carbons (Fsp3) is 0.431. The van der Waals surface area contributed by atoms with Crippen molar-refractivity contribution in [1.82, 2.24) is 19.5 Å². The van der Waals surface area contributed by atoms with Crippen molar-refractivity contribution in [1.29, 1.82) is 0 Å². The van der Waals surface area contributed by atoms with E-state index >= 15 is 4.57 Å². The van der Waals surface area contributed by atoms with Gasteiger partial charge in [-0.05, 0) is 89.6 Å². The van der Waals surface area contributed by atoms with Gasteiger partial charge < -0.3 is 38.2 Å². The molecular weight excluding hydrogens is 1130 g/mol. The van der Waals surface area contributed by atoms with Crippen LogP contribution in [-0.4, -0.2) is 110 Å². The van der Waals surface area contributed by atoms with E-state index in [1.54, 1.807) is 26.4 Å². The average Bonchev–Trinajstić information content (AvgIpc) is 2.56. The maximum absolute atomic E-state index is 15.0. The fourth-order valence-electron chi connectivity index (χ4n) is 9.52. The van der Waals surface area contributed by atoms with Gasteiger partial charge in [-0.15, -0.1) is 0 Å². The van der Waals surface area contributed by atoms with Crippen molar-refractivity contribution in [3.8, 4) is 17.2 Å². The molecule has 2 saturated heterocycles. The van der Waals surface area contributed by atoms with Crippen molar-refractivity contribution >= 4 is 39.5 Å². The van der Waals surface area contributed by atoms with E-state index in [4.69, 9.17) is 46.4 Å². The van der Waals surface area contributed by atoms with Crippen LogP contribution in [0.15, 0.2) is 124 Å². The molecule has 2 aliphatic rings. The first-order valence-electron chi connectivity index (χ1n) is 27.2. The number of anilines is 2. The number of nitrogens with one attached hydrogen (secondary N) is 4. The Morgan fingerprint density at radius 3 is 1.99 bits per heavy atom. The van der Waals surface area contributed by atoms with E-state index in [0.29, 0.717) is 28.4 Å². The minimum absolute atomic E-state index is 0.0197. The van der Waals surface area contributed by atoms with Gasteiger partial charge in [0.2, 0.25) is 11.8 Å². The number of aromatic amines is 2. The molecule has 0 radical (unpaired) electrons. The summed E-state index contributed by atoms with van der Waals surface area (Å²) in [4.78, 5) is 72.6. The Morgan fingerprint density at radius 1 is 0.821 bits per heavy atom. The number of rotatable bonds is 25. The number of hydrogen-bond donors (Lipinski definition) is 4. The van der Waals surface area contributed by atoms with E-state index in [0.717, 1.165) is 18.2 Å². The lowest BCUT2D eigenvalue weighted by Gasteiger charge is -2.39. The first-order valence-corrected chi connectivity index (χ1v) is 31.6. The smallest absolute Gasteiger partial charge is 0.474 e. The standard InChI is InChI=1S/C58H72N7O17PSi/c1-35(2)37-17-23-43(24-18-37)76-34-48(66)59-55-61-52(51(65(70)71)54(68)62-55)60-49-29-45(82-84(10,11)57(4,5)6)47(79-49)33-78-83(72,75-9)81-44-30-50(64-31-36(3)53(67)63-56(64)69)80-46(44)32-77-58(38-15-13-12-14-16-38,39-19-25-41(73-7)26-20-39)40-21-27-42(74-8)28-22-40/h12-28,31,35,44-47,49-50H,29-30,32-34H2,1-11H3,(H,63,67,69)(H3,59,60,61,62,66,68)/t44-,45-,46+,47+,49+,50+,83?/m0/s1. The van der Waals surface area contributed by atoms with Gasteiger partial charge in [0.1, 0.15) is 53.6 Å². The monoisotopic (exact) mass is 1200 g/mol. The van der Waals surface area contributed by atoms with Gasteiger partial charge in [0, 0.05) is 31.7 Å². The lowest BCUT2D eigenvalue weighted by atomic mass is 9.80. The van der Waals surface area contributed by atoms with Crippen LogP contribution in [0.4, 0.5) is 17.5 Å². The number of nitro groups is 1. The largest absolute Gasteiger partial charge is 0.497 e. The third-order valence-electron chi connectivity index (χ3n) is 15.2. The highest BCUT2D eigenvalue weighted by molar-refractivity contribution is 7.48. The Hall–Kier alpha value is -7.32. The number of nitrogens with zero attached hydrogens (tertiary/aromatic N) is 3. The normalized spacial score (nSPS) is 19.9. The summed E-state index contributed by atoms with van der Waals surface area (Å²) >= 11 is 0. The number of aromatic nitrogens is 4. The van der Waals surface area contributed by atoms with Crippen molar-refractivity contribution in [2.45, 2.75) is 121 Å². The molecule has 0 bridgehead atoms. The van der Waals surface area contributed by atoms with E-state index in [2.05, 4.69) is 25.6 Å². The van der Waals surface area contributed by atoms with Crippen LogP contribution < -0.4 is 41.7 Å². The SMILES string of the molecule is COc1ccc(C(OC[C@H]2O[C@@H](n3cc(C)c(=O)[nH]c3=O)C[C@@H]2OP(=O)(OC)OC[C@H]2O[C@@H](Nc3nc(NC(=O)COc4ccc(C(C)C)cc4)[nH]c(=O)c3[N+](=O)[O-])C[C@@H]2O[Si](C)(C)C(C)(C)C)(c2ccccc2)c2ccc(OC)cc2)cc1. The zero-order chi connectivity index (χ0) is 60.7. The molecule has 4 heterocycles. The van der Waals surface area contributed by atoms with Crippen molar-refractivity contribution in [2.24, 2.45) is 0 Å². The van der Waals surface area contributed by atoms with Crippen LogP contribution in [-0.2, 0) is 47.2 Å². The minimum atomic E-state index is -4.67. The highest BCUT2D eigenvalue weighted by atomic mass is 31.2. The van der Waals surface area contributed by atoms with Crippen molar-refractivity contribution in [3.05, 3.63) is 178 Å². The average molecular weight is 1200 g/mol. The third-order valence-corrected chi connectivity index (χ3v) is 21.1. The van der Waals surface area contributed by atoms with E-state index in [9.17, 15) is 29.3 Å². The summed E-state index contributed by atoms with van der Waals surface area (Å²) < 4.78 is 78.2. The second-order valence-corrected chi connectivity index (χ2v) is 28.6. The van der Waals surface area contributed by atoms with Crippen molar-refractivity contribution in [3.63, 3.8) is 0 Å². The number of carbonyl (C=O) groups is 1. The molecule has 2 aromatic heterocycles. The van der Waals surface area contributed by atoms with Crippen LogP contribution in [0.5, 0.6) is 17.2 Å². The molecule has 0 saturated carbocycles. The molecule has 4 N–H and O–H groups in total. The molecule has 1 amide bonds. The summed E-state index contributed by atoms with van der Waals surface area (Å²) in [6.07, 6.45) is -5.10. The van der Waals surface area contributed by atoms with Gasteiger partial charge >= 0.3 is 24.8 Å². The molecule has 4 aromatic carbocycles. The molecule has 8 rings (SSSR count). The summed E-state index contributed by atoms with van der Waals surface area (Å²) in [5.74, 6) is 0.269. The number of ether oxygens (including phenoxy) is 6. The Bertz CT molecular complexity index is 3440. The number of H-pyrrole nitrogens is 2. The van der Waals surface area contributed by atoms with Gasteiger partial charge in [-0.1, -0.05) is 101 Å². The summed E-state index contributed by atoms with van der Waals surface area (Å²) in [6, 6.07) is 31.5. The number of methoxy groups -OCH3 is 2. The van der Waals surface area contributed by atoms with Gasteiger partial charge in [0.05, 0.1) is 38.5 Å². The van der Waals surface area contributed by atoms with Crippen LogP contribution in [0.25, 0.3) is 0 Å². The molecular formula is C58H72N7O17PSi. The van der Waals surface area contributed by atoms with Crippen LogP contribution in [0, 0.1) is 17.0 Å². The van der Waals surface area contributed by atoms with E-state index in [1.807, 2.05) is 139 Å². The summed E-state index contributed by atoms with van der Waals surface area (Å²) in [5, 5.41) is 17.4. The molecule has 26 heteroatoms. The number of phosphoric ester groups is 1. The Balaban J connectivity index is 1.07. The first-order chi connectivity index (χ1) is 39.8. The molecule has 0 aliphatic carbocycles. The number of aryl methyl sites for hydroxylation is 1. The number of carbonyl (C=O) groups excluding carboxylic acids is 1. The molecule has 7 atom stereocenters. The molecule has 450 valence electrons.